The minimum Gasteiger partial charge on any atom is -0.439 e. The van der Waals surface area contributed by atoms with Gasteiger partial charge in [-0.05, 0) is 24.0 Å². The number of amides is 1. The van der Waals surface area contributed by atoms with Crippen molar-refractivity contribution in [3.05, 3.63) is 59.8 Å². The Hall–Kier alpha value is -2.27. The third-order valence-electron chi connectivity index (χ3n) is 5.06. The van der Waals surface area contributed by atoms with E-state index >= 15 is 0 Å². The van der Waals surface area contributed by atoms with Gasteiger partial charge < -0.3 is 19.3 Å². The molecule has 0 spiro atoms. The van der Waals surface area contributed by atoms with E-state index in [0.29, 0.717) is 19.0 Å². The molecule has 1 amide bonds. The van der Waals surface area contributed by atoms with Gasteiger partial charge >= 0.3 is 6.09 Å². The molecule has 0 radical (unpaired) electrons. The second-order valence-electron chi connectivity index (χ2n) is 6.77. The van der Waals surface area contributed by atoms with Gasteiger partial charge in [-0.2, -0.15) is 0 Å². The minimum absolute atomic E-state index is 0.152. The summed E-state index contributed by atoms with van der Waals surface area (Å²) < 4.78 is 11.0. The van der Waals surface area contributed by atoms with Crippen molar-refractivity contribution < 1.29 is 14.3 Å². The molecule has 3 aliphatic rings. The number of morpholine rings is 1. The van der Waals surface area contributed by atoms with Crippen LogP contribution in [0.5, 0.6) is 0 Å². The smallest absolute Gasteiger partial charge is 0.410 e. The number of carbonyl (C=O) groups is 1. The first-order valence-corrected chi connectivity index (χ1v) is 9.01. The van der Waals surface area contributed by atoms with Crippen LogP contribution in [0.1, 0.15) is 18.1 Å². The molecule has 0 bridgehead atoms. The first-order chi connectivity index (χ1) is 12.3. The van der Waals surface area contributed by atoms with Gasteiger partial charge in [-0.15, -0.1) is 0 Å². The van der Waals surface area contributed by atoms with Gasteiger partial charge in [-0.1, -0.05) is 42.5 Å². The van der Waals surface area contributed by atoms with E-state index in [1.807, 2.05) is 35.2 Å². The number of carbonyl (C=O) groups excluding carboxylic acids is 1. The summed E-state index contributed by atoms with van der Waals surface area (Å²) in [6, 6.07) is 9.96. The Kier molecular flexibility index (Phi) is 4.74. The highest BCUT2D eigenvalue weighted by Gasteiger charge is 2.33. The highest BCUT2D eigenvalue weighted by atomic mass is 16.6. The summed E-state index contributed by atoms with van der Waals surface area (Å²) in [6.07, 6.45) is 7.31. The molecule has 1 aliphatic carbocycles. The van der Waals surface area contributed by atoms with Crippen molar-refractivity contribution in [1.29, 1.82) is 0 Å². The Bertz CT molecular complexity index is 665. The van der Waals surface area contributed by atoms with Gasteiger partial charge in [0.1, 0.15) is 6.10 Å². The SMILES string of the molecule is O=C1O[C@H](c2ccccc2)CN1CC1C=CC(N2CCOCC2)=CC1. The van der Waals surface area contributed by atoms with Crippen molar-refractivity contribution in [3.63, 3.8) is 0 Å². The van der Waals surface area contributed by atoms with Gasteiger partial charge in [0, 0.05) is 25.3 Å². The van der Waals surface area contributed by atoms with E-state index in [1.165, 1.54) is 5.70 Å². The Balaban J connectivity index is 1.32. The van der Waals surface area contributed by atoms with Crippen LogP contribution in [-0.4, -0.2) is 55.3 Å². The summed E-state index contributed by atoms with van der Waals surface area (Å²) in [7, 11) is 0. The molecule has 25 heavy (non-hydrogen) atoms. The molecule has 0 saturated carbocycles. The number of rotatable bonds is 4. The molecule has 4 rings (SSSR count). The van der Waals surface area contributed by atoms with Crippen molar-refractivity contribution in [2.45, 2.75) is 12.5 Å². The van der Waals surface area contributed by atoms with E-state index in [0.717, 1.165) is 38.3 Å². The molecule has 1 aromatic carbocycles. The molecule has 2 heterocycles. The molecular formula is C20H24N2O3. The normalized spacial score (nSPS) is 26.6. The molecule has 0 N–H and O–H groups in total. The quantitative estimate of drug-likeness (QED) is 0.845. The molecule has 2 fully saturated rings. The summed E-state index contributed by atoms with van der Waals surface area (Å²) >= 11 is 0. The van der Waals surface area contributed by atoms with Crippen molar-refractivity contribution in [2.24, 2.45) is 5.92 Å². The largest absolute Gasteiger partial charge is 0.439 e. The molecule has 5 heteroatoms. The van der Waals surface area contributed by atoms with Crippen LogP contribution in [0.15, 0.2) is 54.3 Å². The Morgan fingerprint density at radius 1 is 1.12 bits per heavy atom. The zero-order valence-corrected chi connectivity index (χ0v) is 14.3. The Morgan fingerprint density at radius 3 is 2.64 bits per heavy atom. The van der Waals surface area contributed by atoms with Gasteiger partial charge in [0.05, 0.1) is 19.8 Å². The number of hydrogen-bond donors (Lipinski definition) is 0. The maximum absolute atomic E-state index is 12.2. The lowest BCUT2D eigenvalue weighted by atomic mass is 9.98. The Morgan fingerprint density at radius 2 is 1.92 bits per heavy atom. The van der Waals surface area contributed by atoms with Crippen LogP contribution in [-0.2, 0) is 9.47 Å². The lowest BCUT2D eigenvalue weighted by Crippen LogP contribution is -2.36. The first-order valence-electron chi connectivity index (χ1n) is 9.01. The fourth-order valence-electron chi connectivity index (χ4n) is 3.63. The van der Waals surface area contributed by atoms with Crippen LogP contribution in [0.2, 0.25) is 0 Å². The van der Waals surface area contributed by atoms with E-state index < -0.39 is 0 Å². The number of nitrogens with zero attached hydrogens (tertiary/aromatic N) is 2. The van der Waals surface area contributed by atoms with Crippen molar-refractivity contribution in [1.82, 2.24) is 9.80 Å². The topological polar surface area (TPSA) is 42.0 Å². The van der Waals surface area contributed by atoms with Gasteiger partial charge in [0.2, 0.25) is 0 Å². The van der Waals surface area contributed by atoms with E-state index in [9.17, 15) is 4.79 Å². The number of ether oxygens (including phenoxy) is 2. The highest BCUT2D eigenvalue weighted by molar-refractivity contribution is 5.70. The van der Waals surface area contributed by atoms with Crippen LogP contribution in [0.25, 0.3) is 0 Å². The third-order valence-corrected chi connectivity index (χ3v) is 5.06. The van der Waals surface area contributed by atoms with Gasteiger partial charge in [0.15, 0.2) is 0 Å². The Labute approximate surface area is 148 Å². The number of hydrogen-bond acceptors (Lipinski definition) is 4. The molecule has 2 atom stereocenters. The van der Waals surface area contributed by atoms with Crippen molar-refractivity contribution in [3.8, 4) is 0 Å². The number of allylic oxidation sites excluding steroid dienone is 2. The molecule has 2 aliphatic heterocycles. The zero-order valence-electron chi connectivity index (χ0n) is 14.3. The van der Waals surface area contributed by atoms with E-state index in [1.54, 1.807) is 0 Å². The van der Waals surface area contributed by atoms with Crippen molar-refractivity contribution >= 4 is 6.09 Å². The molecule has 1 unspecified atom stereocenters. The average Bonchev–Trinajstić information content (AvgIpc) is 3.04. The van der Waals surface area contributed by atoms with Crippen molar-refractivity contribution in [2.75, 3.05) is 39.4 Å². The monoisotopic (exact) mass is 340 g/mol. The van der Waals surface area contributed by atoms with E-state index in [2.05, 4.69) is 23.1 Å². The standard InChI is InChI=1S/C20H24N2O3/c23-20-22(15-19(25-20)17-4-2-1-3-5-17)14-16-6-8-18(9-7-16)21-10-12-24-13-11-21/h1-6,8-9,16,19H,7,10-15H2/t16?,19-/m0/s1. The first kappa shape index (κ1) is 16.2. The predicted molar refractivity (Wildman–Crippen MR) is 95.0 cm³/mol. The highest BCUT2D eigenvalue weighted by Crippen LogP contribution is 2.28. The fraction of sp³-hybridized carbons (Fsp3) is 0.450. The molecule has 5 nitrogen and oxygen atoms in total. The summed E-state index contributed by atoms with van der Waals surface area (Å²) in [6.45, 7) is 4.86. The zero-order chi connectivity index (χ0) is 17.1. The van der Waals surface area contributed by atoms with Gasteiger partial charge in [-0.3, -0.25) is 0 Å². The second kappa shape index (κ2) is 7.31. The molecule has 2 saturated heterocycles. The van der Waals surface area contributed by atoms with Crippen LogP contribution in [0.4, 0.5) is 4.79 Å². The van der Waals surface area contributed by atoms with Gasteiger partial charge in [-0.25, -0.2) is 4.79 Å². The summed E-state index contributed by atoms with van der Waals surface area (Å²) in [5, 5.41) is 0. The van der Waals surface area contributed by atoms with E-state index in [4.69, 9.17) is 9.47 Å². The van der Waals surface area contributed by atoms with Crippen LogP contribution >= 0.6 is 0 Å². The lowest BCUT2D eigenvalue weighted by Gasteiger charge is -2.32. The van der Waals surface area contributed by atoms with Gasteiger partial charge in [0.25, 0.3) is 0 Å². The summed E-state index contributed by atoms with van der Waals surface area (Å²) in [4.78, 5) is 16.4. The van der Waals surface area contributed by atoms with Crippen LogP contribution in [0.3, 0.4) is 0 Å². The molecule has 132 valence electrons. The molecular weight excluding hydrogens is 316 g/mol. The summed E-state index contributed by atoms with van der Waals surface area (Å²) in [5.74, 6) is 0.354. The molecule has 1 aromatic rings. The minimum atomic E-state index is -0.204. The molecule has 0 aromatic heterocycles. The summed E-state index contributed by atoms with van der Waals surface area (Å²) in [5.41, 5.74) is 2.35. The number of cyclic esters (lactones) is 1. The number of benzene rings is 1. The average molecular weight is 340 g/mol. The third kappa shape index (κ3) is 3.71. The fourth-order valence-corrected chi connectivity index (χ4v) is 3.63. The van der Waals surface area contributed by atoms with Crippen LogP contribution in [0, 0.1) is 5.92 Å². The maximum Gasteiger partial charge on any atom is 0.410 e. The second-order valence-corrected chi connectivity index (χ2v) is 6.77. The maximum atomic E-state index is 12.2. The predicted octanol–water partition coefficient (Wildman–Crippen LogP) is 2.97. The van der Waals surface area contributed by atoms with Crippen LogP contribution < -0.4 is 0 Å². The van der Waals surface area contributed by atoms with E-state index in [-0.39, 0.29) is 12.2 Å². The lowest BCUT2D eigenvalue weighted by molar-refractivity contribution is 0.0550.